The van der Waals surface area contributed by atoms with Crippen molar-refractivity contribution in [1.29, 1.82) is 0 Å². The van der Waals surface area contributed by atoms with Crippen LogP contribution in [-0.2, 0) is 24.4 Å². The number of unbranched alkanes of at least 4 members (excludes halogenated alkanes) is 1. The van der Waals surface area contributed by atoms with Crippen LogP contribution in [0.5, 0.6) is 0 Å². The van der Waals surface area contributed by atoms with Crippen LogP contribution >= 0.6 is 0 Å². The van der Waals surface area contributed by atoms with Gasteiger partial charge in [0.05, 0.1) is 11.1 Å². The van der Waals surface area contributed by atoms with Crippen LogP contribution in [0.15, 0.2) is 23.8 Å². The van der Waals surface area contributed by atoms with Gasteiger partial charge in [-0.25, -0.2) is 9.59 Å². The second-order valence-corrected chi connectivity index (χ2v) is 3.01. The van der Waals surface area contributed by atoms with Crippen molar-refractivity contribution in [2.24, 2.45) is 0 Å². The van der Waals surface area contributed by atoms with Crippen molar-refractivity contribution in [2.45, 2.75) is 26.2 Å². The van der Waals surface area contributed by atoms with Crippen LogP contribution in [0, 0.1) is 0 Å². The van der Waals surface area contributed by atoms with Crippen molar-refractivity contribution in [2.75, 3.05) is 0 Å². The van der Waals surface area contributed by atoms with E-state index in [1.807, 2.05) is 6.92 Å². The van der Waals surface area contributed by atoms with Gasteiger partial charge in [0.1, 0.15) is 0 Å². The van der Waals surface area contributed by atoms with Crippen LogP contribution in [-0.4, -0.2) is 11.9 Å². The zero-order valence-corrected chi connectivity index (χ0v) is 8.45. The van der Waals surface area contributed by atoms with E-state index in [0.29, 0.717) is 6.42 Å². The molecule has 0 amide bonds. The summed E-state index contributed by atoms with van der Waals surface area (Å²) < 4.78 is 0. The quantitative estimate of drug-likeness (QED) is 0.662. The van der Waals surface area contributed by atoms with E-state index in [-0.39, 0.29) is 11.1 Å². The van der Waals surface area contributed by atoms with Crippen molar-refractivity contribution < 1.29 is 24.4 Å². The molecular formula is C10H12O5. The fraction of sp³-hybridized carbons (Fsp3) is 0.400. The van der Waals surface area contributed by atoms with Crippen molar-refractivity contribution in [3.63, 3.8) is 0 Å². The predicted molar refractivity (Wildman–Crippen MR) is 50.0 cm³/mol. The molecule has 0 unspecified atom stereocenters. The molecule has 0 atom stereocenters. The highest BCUT2D eigenvalue weighted by atomic mass is 17.5. The van der Waals surface area contributed by atoms with E-state index in [1.54, 1.807) is 0 Å². The molecule has 0 saturated heterocycles. The average Bonchev–Trinajstić information content (AvgIpc) is 2.35. The van der Waals surface area contributed by atoms with Crippen LogP contribution in [0.25, 0.3) is 0 Å². The summed E-state index contributed by atoms with van der Waals surface area (Å²) >= 11 is 0. The fourth-order valence-electron chi connectivity index (χ4n) is 1.20. The van der Waals surface area contributed by atoms with Crippen LogP contribution in [0.1, 0.15) is 26.2 Å². The summed E-state index contributed by atoms with van der Waals surface area (Å²) in [5.74, 6) is -1.47. The van der Waals surface area contributed by atoms with Crippen molar-refractivity contribution in [3.05, 3.63) is 23.8 Å². The van der Waals surface area contributed by atoms with Crippen molar-refractivity contribution in [3.8, 4) is 0 Å². The maximum absolute atomic E-state index is 11.3. The molecule has 1 heterocycles. The van der Waals surface area contributed by atoms with Crippen LogP contribution in [0.4, 0.5) is 0 Å². The molecule has 0 spiro atoms. The maximum atomic E-state index is 11.3. The summed E-state index contributed by atoms with van der Waals surface area (Å²) in [6, 6.07) is 0. The molecule has 1 rings (SSSR count). The Labute approximate surface area is 87.2 Å². The van der Waals surface area contributed by atoms with Crippen LogP contribution in [0.2, 0.25) is 0 Å². The lowest BCUT2D eigenvalue weighted by Crippen LogP contribution is -2.08. The van der Waals surface area contributed by atoms with Gasteiger partial charge in [-0.1, -0.05) is 26.0 Å². The van der Waals surface area contributed by atoms with E-state index in [0.717, 1.165) is 12.8 Å². The third-order valence-electron chi connectivity index (χ3n) is 2.00. The van der Waals surface area contributed by atoms with Gasteiger partial charge in [-0.2, -0.15) is 0 Å². The first-order chi connectivity index (χ1) is 7.20. The Balaban J connectivity index is 2.99. The summed E-state index contributed by atoms with van der Waals surface area (Å²) in [4.78, 5) is 31.0. The Morgan fingerprint density at radius 3 is 2.53 bits per heavy atom. The molecule has 0 aromatic rings. The Morgan fingerprint density at radius 1 is 1.27 bits per heavy atom. The lowest BCUT2D eigenvalue weighted by Gasteiger charge is -2.01. The van der Waals surface area contributed by atoms with E-state index in [4.69, 9.17) is 0 Å². The van der Waals surface area contributed by atoms with Gasteiger partial charge in [0.15, 0.2) is 0 Å². The van der Waals surface area contributed by atoms with Gasteiger partial charge in [-0.3, -0.25) is 9.78 Å². The maximum Gasteiger partial charge on any atom is 0.377 e. The molecule has 15 heavy (non-hydrogen) atoms. The summed E-state index contributed by atoms with van der Waals surface area (Å²) in [5.41, 5.74) is 0.348. The molecule has 1 aliphatic heterocycles. The van der Waals surface area contributed by atoms with Gasteiger partial charge < -0.3 is 0 Å². The van der Waals surface area contributed by atoms with Gasteiger partial charge >= 0.3 is 11.9 Å². The second-order valence-electron chi connectivity index (χ2n) is 3.01. The number of carbonyl (C=O) groups is 2. The number of rotatable bonds is 4. The lowest BCUT2D eigenvalue weighted by molar-refractivity contribution is -0.454. The van der Waals surface area contributed by atoms with E-state index in [9.17, 15) is 9.59 Å². The molecule has 0 N–H and O–H groups in total. The van der Waals surface area contributed by atoms with E-state index < -0.39 is 11.9 Å². The second kappa shape index (κ2) is 5.31. The minimum Gasteiger partial charge on any atom is -0.254 e. The molecule has 0 bridgehead atoms. The van der Waals surface area contributed by atoms with Crippen LogP contribution < -0.4 is 0 Å². The summed E-state index contributed by atoms with van der Waals surface area (Å²) in [6.07, 6.45) is 3.38. The number of hydrogen-bond donors (Lipinski definition) is 0. The molecule has 0 saturated carbocycles. The van der Waals surface area contributed by atoms with Gasteiger partial charge in [-0.05, 0) is 12.8 Å². The Hall–Kier alpha value is -1.62. The van der Waals surface area contributed by atoms with Crippen molar-refractivity contribution in [1.82, 2.24) is 0 Å². The Morgan fingerprint density at radius 2 is 1.93 bits per heavy atom. The predicted octanol–water partition coefficient (Wildman–Crippen LogP) is 1.61. The fourth-order valence-corrected chi connectivity index (χ4v) is 1.20. The largest absolute Gasteiger partial charge is 0.377 e. The highest BCUT2D eigenvalue weighted by Gasteiger charge is 2.26. The highest BCUT2D eigenvalue weighted by molar-refractivity contribution is 6.02. The lowest BCUT2D eigenvalue weighted by atomic mass is 10.0. The summed E-state index contributed by atoms with van der Waals surface area (Å²) in [7, 11) is 0. The average molecular weight is 212 g/mol. The summed E-state index contributed by atoms with van der Waals surface area (Å²) in [6.45, 7) is 5.42. The molecule has 0 aromatic heterocycles. The zero-order chi connectivity index (χ0) is 11.3. The summed E-state index contributed by atoms with van der Waals surface area (Å²) in [5, 5.41) is 3.97. The molecule has 0 aliphatic carbocycles. The zero-order valence-electron chi connectivity index (χ0n) is 8.45. The Kier molecular flexibility index (Phi) is 4.05. The van der Waals surface area contributed by atoms with Gasteiger partial charge in [-0.15, -0.1) is 0 Å². The first-order valence-corrected chi connectivity index (χ1v) is 4.66. The standard InChI is InChI=1S/C10H12O5/c1-3-5-6-8-7(4-2)9(11)13-15-14-10(8)12/h4H,2-3,5-6H2,1H3. The Bertz CT molecular complexity index is 316. The molecular weight excluding hydrogens is 200 g/mol. The van der Waals surface area contributed by atoms with Gasteiger partial charge in [0.2, 0.25) is 0 Å². The first kappa shape index (κ1) is 11.5. The van der Waals surface area contributed by atoms with E-state index in [2.05, 4.69) is 21.4 Å². The van der Waals surface area contributed by atoms with Crippen LogP contribution in [0.3, 0.4) is 0 Å². The minimum atomic E-state index is -0.762. The van der Waals surface area contributed by atoms with E-state index in [1.165, 1.54) is 6.08 Å². The van der Waals surface area contributed by atoms with Gasteiger partial charge in [0.25, 0.3) is 0 Å². The third kappa shape index (κ3) is 2.66. The molecule has 5 heteroatoms. The van der Waals surface area contributed by atoms with Crippen molar-refractivity contribution >= 4 is 11.9 Å². The number of hydrogen-bond acceptors (Lipinski definition) is 5. The molecule has 0 radical (unpaired) electrons. The smallest absolute Gasteiger partial charge is 0.254 e. The topological polar surface area (TPSA) is 61.8 Å². The molecule has 5 nitrogen and oxygen atoms in total. The highest BCUT2D eigenvalue weighted by Crippen LogP contribution is 2.19. The SMILES string of the molecule is C=CC1=C(CCCC)C(=O)OOOC1=O. The normalized spacial score (nSPS) is 16.9. The first-order valence-electron chi connectivity index (χ1n) is 4.66. The molecule has 0 aromatic carbocycles. The van der Waals surface area contributed by atoms with E-state index >= 15 is 0 Å². The van der Waals surface area contributed by atoms with Gasteiger partial charge in [0, 0.05) is 5.04 Å². The number of carbonyl (C=O) groups excluding carboxylic acids is 2. The minimum absolute atomic E-state index is 0.103. The monoisotopic (exact) mass is 212 g/mol. The molecule has 1 aliphatic rings. The molecule has 82 valence electrons. The third-order valence-corrected chi connectivity index (χ3v) is 2.00. The molecule has 0 fully saturated rings.